The van der Waals surface area contributed by atoms with E-state index < -0.39 is 0 Å². The first-order valence-corrected chi connectivity index (χ1v) is 12.7. The highest BCUT2D eigenvalue weighted by Gasteiger charge is 2.60. The average Bonchev–Trinajstić information content (AvgIpc) is 3.08. The molecular formula is C28H41NO. The predicted molar refractivity (Wildman–Crippen MR) is 123 cm³/mol. The number of nitrogens with zero attached hydrogens (tertiary/aromatic N) is 1. The maximum atomic E-state index is 12.4. The second kappa shape index (κ2) is 7.68. The van der Waals surface area contributed by atoms with Gasteiger partial charge in [0, 0.05) is 19.5 Å². The van der Waals surface area contributed by atoms with Gasteiger partial charge in [0.15, 0.2) is 0 Å². The van der Waals surface area contributed by atoms with Crippen molar-refractivity contribution in [1.82, 2.24) is 4.90 Å². The number of aryl methyl sites for hydroxylation is 1. The Morgan fingerprint density at radius 3 is 2.50 bits per heavy atom. The molecule has 1 aromatic carbocycles. The third-order valence-electron chi connectivity index (χ3n) is 10.6. The average molecular weight is 408 g/mol. The number of benzene rings is 1. The lowest BCUT2D eigenvalue weighted by atomic mass is 9.46. The Kier molecular flexibility index (Phi) is 5.27. The zero-order chi connectivity index (χ0) is 20.9. The fourth-order valence-corrected chi connectivity index (χ4v) is 8.93. The summed E-state index contributed by atoms with van der Waals surface area (Å²) in [5, 5.41) is 0. The molecule has 1 aliphatic heterocycles. The normalized spacial score (nSPS) is 43.1. The Labute approximate surface area is 183 Å². The third kappa shape index (κ3) is 3.16. The molecule has 3 aliphatic carbocycles. The number of hydrogen-bond acceptors (Lipinski definition) is 1. The maximum absolute atomic E-state index is 12.4. The van der Waals surface area contributed by atoms with Gasteiger partial charge in [-0.15, -0.1) is 0 Å². The fraction of sp³-hybridized carbons (Fsp3) is 0.750. The van der Waals surface area contributed by atoms with Gasteiger partial charge in [0.1, 0.15) is 0 Å². The van der Waals surface area contributed by atoms with E-state index in [9.17, 15) is 4.79 Å². The number of piperidine rings is 1. The van der Waals surface area contributed by atoms with Crippen molar-refractivity contribution in [1.29, 1.82) is 0 Å². The summed E-state index contributed by atoms with van der Waals surface area (Å²) in [6, 6.07) is 11.5. The van der Waals surface area contributed by atoms with Crippen LogP contribution in [0.25, 0.3) is 0 Å². The first-order chi connectivity index (χ1) is 14.4. The van der Waals surface area contributed by atoms with E-state index >= 15 is 0 Å². The van der Waals surface area contributed by atoms with E-state index in [-0.39, 0.29) is 0 Å². The first-order valence-electron chi connectivity index (χ1n) is 12.7. The minimum Gasteiger partial charge on any atom is -0.342 e. The predicted octanol–water partition coefficient (Wildman–Crippen LogP) is 6.49. The molecule has 4 aliphatic rings. The quantitative estimate of drug-likeness (QED) is 0.559. The topological polar surface area (TPSA) is 20.3 Å². The van der Waals surface area contributed by atoms with Crippen molar-refractivity contribution in [3.8, 4) is 0 Å². The van der Waals surface area contributed by atoms with Crippen molar-refractivity contribution in [3.05, 3.63) is 35.9 Å². The summed E-state index contributed by atoms with van der Waals surface area (Å²) in [4.78, 5) is 14.5. The molecule has 4 fully saturated rings. The molecule has 1 aromatic rings. The second-order valence-corrected chi connectivity index (χ2v) is 11.7. The van der Waals surface area contributed by atoms with Crippen LogP contribution in [0.5, 0.6) is 0 Å². The lowest BCUT2D eigenvalue weighted by Crippen LogP contribution is -2.61. The van der Waals surface area contributed by atoms with Gasteiger partial charge in [-0.3, -0.25) is 4.79 Å². The van der Waals surface area contributed by atoms with Crippen molar-refractivity contribution in [3.63, 3.8) is 0 Å². The van der Waals surface area contributed by atoms with Crippen LogP contribution in [0.4, 0.5) is 0 Å². The van der Waals surface area contributed by atoms with Crippen LogP contribution in [0.1, 0.15) is 83.6 Å². The van der Waals surface area contributed by atoms with Gasteiger partial charge < -0.3 is 4.90 Å². The van der Waals surface area contributed by atoms with Crippen LogP contribution < -0.4 is 0 Å². The molecule has 1 amide bonds. The minimum atomic E-state index is 0.359. The van der Waals surface area contributed by atoms with Gasteiger partial charge in [-0.25, -0.2) is 0 Å². The van der Waals surface area contributed by atoms with E-state index in [1.807, 2.05) is 0 Å². The van der Waals surface area contributed by atoms with E-state index in [4.69, 9.17) is 0 Å². The lowest BCUT2D eigenvalue weighted by Gasteiger charge is -2.62. The number of rotatable bonds is 4. The highest BCUT2D eigenvalue weighted by Crippen LogP contribution is 2.66. The Morgan fingerprint density at radius 2 is 1.70 bits per heavy atom. The summed E-state index contributed by atoms with van der Waals surface area (Å²) in [7, 11) is 2.08. The largest absolute Gasteiger partial charge is 0.342 e. The molecule has 5 rings (SSSR count). The first kappa shape index (κ1) is 20.6. The summed E-state index contributed by atoms with van der Waals surface area (Å²) in [6.07, 6.45) is 14.3. The summed E-state index contributed by atoms with van der Waals surface area (Å²) in [5.74, 6) is 3.99. The van der Waals surface area contributed by atoms with Crippen molar-refractivity contribution in [2.75, 3.05) is 7.05 Å². The second-order valence-electron chi connectivity index (χ2n) is 11.7. The number of fused-ring (bicyclic) bond motifs is 5. The summed E-state index contributed by atoms with van der Waals surface area (Å²) >= 11 is 0. The van der Waals surface area contributed by atoms with Crippen LogP contribution in [0, 0.1) is 34.5 Å². The van der Waals surface area contributed by atoms with Gasteiger partial charge in [-0.2, -0.15) is 0 Å². The molecule has 164 valence electrons. The molecule has 0 unspecified atom stereocenters. The molecular weight excluding hydrogens is 366 g/mol. The van der Waals surface area contributed by atoms with Crippen molar-refractivity contribution in [2.45, 2.75) is 90.5 Å². The molecule has 2 heteroatoms. The molecule has 0 bridgehead atoms. The highest BCUT2D eigenvalue weighted by atomic mass is 16.2. The number of carbonyl (C=O) groups excluding carboxylic acids is 1. The monoisotopic (exact) mass is 407 g/mol. The van der Waals surface area contributed by atoms with Gasteiger partial charge in [-0.05, 0) is 104 Å². The molecule has 30 heavy (non-hydrogen) atoms. The summed E-state index contributed by atoms with van der Waals surface area (Å²) < 4.78 is 0. The van der Waals surface area contributed by atoms with E-state index in [1.165, 1.54) is 63.4 Å². The SMILES string of the molecule is CN1C(=O)CC[C@]2(C)[C@H]3CC[C@]4(C)[C@@H](CCCc5ccccc5)CC[C@H]4[C@@H]3CC[C@@H]12. The lowest BCUT2D eigenvalue weighted by molar-refractivity contribution is -0.158. The number of hydrogen-bond donors (Lipinski definition) is 0. The fourth-order valence-electron chi connectivity index (χ4n) is 8.93. The van der Waals surface area contributed by atoms with E-state index in [0.29, 0.717) is 22.8 Å². The van der Waals surface area contributed by atoms with Crippen LogP contribution in [0.3, 0.4) is 0 Å². The maximum Gasteiger partial charge on any atom is 0.222 e. The summed E-state index contributed by atoms with van der Waals surface area (Å²) in [5.41, 5.74) is 2.43. The smallest absolute Gasteiger partial charge is 0.222 e. The molecule has 0 N–H and O–H groups in total. The molecule has 0 radical (unpaired) electrons. The Bertz CT molecular complexity index is 774. The zero-order valence-corrected chi connectivity index (χ0v) is 19.4. The van der Waals surface area contributed by atoms with E-state index in [2.05, 4.69) is 56.1 Å². The van der Waals surface area contributed by atoms with Gasteiger partial charge in [0.25, 0.3) is 0 Å². The summed E-state index contributed by atoms with van der Waals surface area (Å²) in [6.45, 7) is 5.21. The number of amides is 1. The van der Waals surface area contributed by atoms with Gasteiger partial charge in [0.2, 0.25) is 5.91 Å². The van der Waals surface area contributed by atoms with Gasteiger partial charge in [-0.1, -0.05) is 44.2 Å². The Morgan fingerprint density at radius 1 is 0.933 bits per heavy atom. The minimum absolute atomic E-state index is 0.359. The van der Waals surface area contributed by atoms with Crippen LogP contribution in [-0.2, 0) is 11.2 Å². The molecule has 2 nitrogen and oxygen atoms in total. The molecule has 0 aromatic heterocycles. The molecule has 1 saturated heterocycles. The Balaban J connectivity index is 1.28. The van der Waals surface area contributed by atoms with Gasteiger partial charge >= 0.3 is 0 Å². The van der Waals surface area contributed by atoms with Crippen LogP contribution in [0.2, 0.25) is 0 Å². The van der Waals surface area contributed by atoms with E-state index in [1.54, 1.807) is 0 Å². The highest BCUT2D eigenvalue weighted by molar-refractivity contribution is 5.77. The zero-order valence-electron chi connectivity index (χ0n) is 19.4. The van der Waals surface area contributed by atoms with Crippen LogP contribution in [-0.4, -0.2) is 23.9 Å². The third-order valence-corrected chi connectivity index (χ3v) is 10.6. The number of carbonyl (C=O) groups is 1. The van der Waals surface area contributed by atoms with Gasteiger partial charge in [0.05, 0.1) is 0 Å². The van der Waals surface area contributed by atoms with Crippen LogP contribution >= 0.6 is 0 Å². The number of likely N-dealkylation sites (tertiary alicyclic amines) is 1. The molecule has 3 saturated carbocycles. The Hall–Kier alpha value is -1.31. The molecule has 0 spiro atoms. The molecule has 1 heterocycles. The van der Waals surface area contributed by atoms with E-state index in [0.717, 1.165) is 36.5 Å². The standard InChI is InChI=1S/C28H41NO/c1-27-18-16-24-22(13-15-25-28(24,2)19-17-26(30)29(25)3)23(27)14-12-21(27)11-7-10-20-8-5-4-6-9-20/h4-6,8-9,21-25H,7,10-19H2,1-3H3/t21-,22-,23-,24-,25+,27+,28+/m0/s1. The molecule has 7 atom stereocenters. The van der Waals surface area contributed by atoms with Crippen LogP contribution in [0.15, 0.2) is 30.3 Å². The van der Waals surface area contributed by atoms with Crippen molar-refractivity contribution >= 4 is 5.91 Å². The van der Waals surface area contributed by atoms with Crippen molar-refractivity contribution in [2.24, 2.45) is 34.5 Å². The van der Waals surface area contributed by atoms with Crippen molar-refractivity contribution < 1.29 is 4.79 Å².